The number of fused-ring (bicyclic) bond motifs is 8. The minimum absolute atomic E-state index is 0.0888. The minimum atomic E-state index is 0.0888. The zero-order valence-electron chi connectivity index (χ0n) is 14.8. The van der Waals surface area contributed by atoms with Crippen molar-refractivity contribution in [2.45, 2.75) is 0 Å². The fourth-order valence-corrected chi connectivity index (χ4v) is 3.57. The van der Waals surface area contributed by atoms with E-state index in [0.29, 0.717) is 39.3 Å². The zero-order chi connectivity index (χ0) is 19.1. The van der Waals surface area contributed by atoms with Gasteiger partial charge in [-0.1, -0.05) is 54.6 Å². The monoisotopic (exact) mass is 368 g/mol. The molecule has 0 atom stereocenters. The Hall–Kier alpha value is -3.92. The standard InChI is InChI=1S/C24H16O4/c25-21-14-20-16-8-4-10-18(12-16)27-28-19-11-5-9-17(13-19)23(24(20)26)22(21)15-6-2-1-3-7-15/h1-14,25-26H. The summed E-state index contributed by atoms with van der Waals surface area (Å²) in [5.41, 5.74) is 3.86. The second kappa shape index (κ2) is 6.35. The Morgan fingerprint density at radius 3 is 1.86 bits per heavy atom. The molecule has 0 unspecified atom stereocenters. The van der Waals surface area contributed by atoms with E-state index in [4.69, 9.17) is 9.78 Å². The third kappa shape index (κ3) is 2.63. The van der Waals surface area contributed by atoms with Crippen molar-refractivity contribution in [2.75, 3.05) is 0 Å². The smallest absolute Gasteiger partial charge is 0.179 e. The van der Waals surface area contributed by atoms with Crippen molar-refractivity contribution in [2.24, 2.45) is 0 Å². The van der Waals surface area contributed by atoms with Gasteiger partial charge in [-0.3, -0.25) is 9.78 Å². The molecule has 0 saturated heterocycles. The molecule has 5 rings (SSSR count). The summed E-state index contributed by atoms with van der Waals surface area (Å²) in [7, 11) is 0. The molecule has 0 radical (unpaired) electrons. The third-order valence-electron chi connectivity index (χ3n) is 4.84. The molecule has 0 fully saturated rings. The number of hydrogen-bond donors (Lipinski definition) is 2. The van der Waals surface area contributed by atoms with E-state index in [1.807, 2.05) is 54.6 Å². The zero-order valence-corrected chi connectivity index (χ0v) is 14.8. The maximum absolute atomic E-state index is 11.3. The molecule has 4 aromatic carbocycles. The SMILES string of the molecule is Oc1cc2c(O)c(c1-c1ccccc1)-c1cccc(c1)OOc1cccc-2c1. The topological polar surface area (TPSA) is 58.9 Å². The Kier molecular flexibility index (Phi) is 3.69. The first kappa shape index (κ1) is 16.3. The van der Waals surface area contributed by atoms with Crippen molar-refractivity contribution >= 4 is 0 Å². The van der Waals surface area contributed by atoms with E-state index in [1.165, 1.54) is 0 Å². The normalized spacial score (nSPS) is 11.7. The summed E-state index contributed by atoms with van der Waals surface area (Å²) in [5, 5.41) is 22.2. The van der Waals surface area contributed by atoms with Gasteiger partial charge in [-0.15, -0.1) is 0 Å². The molecule has 4 nitrogen and oxygen atoms in total. The van der Waals surface area contributed by atoms with Crippen LogP contribution in [0.5, 0.6) is 23.0 Å². The molecule has 28 heavy (non-hydrogen) atoms. The lowest BCUT2D eigenvalue weighted by atomic mass is 9.89. The predicted molar refractivity (Wildman–Crippen MR) is 107 cm³/mol. The fraction of sp³-hybridized carbons (Fsp3) is 0. The van der Waals surface area contributed by atoms with Gasteiger partial charge in [-0.2, -0.15) is 0 Å². The second-order valence-electron chi connectivity index (χ2n) is 6.63. The van der Waals surface area contributed by atoms with Crippen molar-refractivity contribution in [3.8, 4) is 56.4 Å². The van der Waals surface area contributed by atoms with Crippen LogP contribution in [-0.4, -0.2) is 10.2 Å². The maximum atomic E-state index is 11.3. The van der Waals surface area contributed by atoms with Crippen LogP contribution in [0.4, 0.5) is 0 Å². The fourth-order valence-electron chi connectivity index (χ4n) is 3.57. The van der Waals surface area contributed by atoms with Gasteiger partial charge >= 0.3 is 0 Å². The highest BCUT2D eigenvalue weighted by atomic mass is 17.2. The van der Waals surface area contributed by atoms with Gasteiger partial charge in [0.05, 0.1) is 0 Å². The van der Waals surface area contributed by atoms with E-state index in [0.717, 1.165) is 5.56 Å². The third-order valence-corrected chi connectivity index (χ3v) is 4.84. The summed E-state index contributed by atoms with van der Waals surface area (Å²) in [6.07, 6.45) is 0. The quantitative estimate of drug-likeness (QED) is 0.330. The number of phenolic OH excluding ortho intramolecular Hbond substituents is 2. The van der Waals surface area contributed by atoms with E-state index in [9.17, 15) is 10.2 Å². The molecule has 2 N–H and O–H groups in total. The molecular weight excluding hydrogens is 352 g/mol. The Morgan fingerprint density at radius 2 is 1.14 bits per heavy atom. The molecule has 0 spiro atoms. The maximum Gasteiger partial charge on any atom is 0.179 e. The summed E-state index contributed by atoms with van der Waals surface area (Å²) in [6.45, 7) is 0. The van der Waals surface area contributed by atoms with Crippen molar-refractivity contribution < 1.29 is 20.0 Å². The predicted octanol–water partition coefficient (Wildman–Crippen LogP) is 5.79. The molecular formula is C24H16O4. The van der Waals surface area contributed by atoms with Gasteiger partial charge in [-0.05, 0) is 47.0 Å². The van der Waals surface area contributed by atoms with Crippen molar-refractivity contribution in [3.05, 3.63) is 84.9 Å². The van der Waals surface area contributed by atoms with Crippen LogP contribution in [0.3, 0.4) is 0 Å². The van der Waals surface area contributed by atoms with Crippen LogP contribution in [-0.2, 0) is 0 Å². The second-order valence-corrected chi connectivity index (χ2v) is 6.63. The highest BCUT2D eigenvalue weighted by Crippen LogP contribution is 2.50. The first-order chi connectivity index (χ1) is 13.7. The highest BCUT2D eigenvalue weighted by Gasteiger charge is 2.22. The molecule has 0 aliphatic carbocycles. The Balaban J connectivity index is 1.91. The molecule has 0 amide bonds. The van der Waals surface area contributed by atoms with E-state index in [1.54, 1.807) is 30.3 Å². The van der Waals surface area contributed by atoms with Crippen molar-refractivity contribution in [1.82, 2.24) is 0 Å². The number of hydrogen-bond acceptors (Lipinski definition) is 4. The Morgan fingerprint density at radius 1 is 0.536 bits per heavy atom. The Bertz CT molecular complexity index is 1180. The number of aromatic hydroxyl groups is 2. The van der Waals surface area contributed by atoms with Gasteiger partial charge in [-0.25, -0.2) is 0 Å². The van der Waals surface area contributed by atoms with Gasteiger partial charge < -0.3 is 10.2 Å². The molecule has 1 aliphatic rings. The van der Waals surface area contributed by atoms with Crippen LogP contribution in [0.15, 0.2) is 84.9 Å². The van der Waals surface area contributed by atoms with Gasteiger partial charge in [0.1, 0.15) is 11.5 Å². The molecule has 1 heterocycles. The van der Waals surface area contributed by atoms with Gasteiger partial charge in [0.25, 0.3) is 0 Å². The lowest BCUT2D eigenvalue weighted by molar-refractivity contribution is -0.0998. The Labute approximate surface area is 161 Å². The average Bonchev–Trinajstić information content (AvgIpc) is 2.74. The van der Waals surface area contributed by atoms with Gasteiger partial charge in [0, 0.05) is 16.7 Å². The number of rotatable bonds is 1. The van der Waals surface area contributed by atoms with Crippen LogP contribution >= 0.6 is 0 Å². The van der Waals surface area contributed by atoms with Crippen LogP contribution < -0.4 is 9.78 Å². The van der Waals surface area contributed by atoms with E-state index in [2.05, 4.69) is 0 Å². The average molecular weight is 368 g/mol. The lowest BCUT2D eigenvalue weighted by Crippen LogP contribution is -2.00. The largest absolute Gasteiger partial charge is 0.507 e. The molecule has 0 aromatic heterocycles. The van der Waals surface area contributed by atoms with Gasteiger partial charge in [0.2, 0.25) is 0 Å². The first-order valence-electron chi connectivity index (χ1n) is 8.90. The summed E-state index contributed by atoms with van der Waals surface area (Å²) >= 11 is 0. The van der Waals surface area contributed by atoms with Crippen molar-refractivity contribution in [1.29, 1.82) is 0 Å². The molecule has 1 aliphatic heterocycles. The molecule has 4 aromatic rings. The molecule has 0 saturated carbocycles. The first-order valence-corrected chi connectivity index (χ1v) is 8.90. The number of phenols is 2. The minimum Gasteiger partial charge on any atom is -0.507 e. The molecule has 136 valence electrons. The summed E-state index contributed by atoms with van der Waals surface area (Å²) < 4.78 is 0. The van der Waals surface area contributed by atoms with Crippen LogP contribution in [0, 0.1) is 0 Å². The van der Waals surface area contributed by atoms with Crippen LogP contribution in [0.2, 0.25) is 0 Å². The van der Waals surface area contributed by atoms with Crippen LogP contribution in [0.25, 0.3) is 33.4 Å². The van der Waals surface area contributed by atoms with E-state index >= 15 is 0 Å². The number of benzene rings is 4. The van der Waals surface area contributed by atoms with Crippen LogP contribution in [0.1, 0.15) is 0 Å². The summed E-state index contributed by atoms with van der Waals surface area (Å²) in [5.74, 6) is 1.17. The highest BCUT2D eigenvalue weighted by molar-refractivity contribution is 5.96. The van der Waals surface area contributed by atoms with Gasteiger partial charge in [0.15, 0.2) is 11.5 Å². The lowest BCUT2D eigenvalue weighted by Gasteiger charge is -2.17. The summed E-state index contributed by atoms with van der Waals surface area (Å²) in [4.78, 5) is 10.9. The van der Waals surface area contributed by atoms with Crippen molar-refractivity contribution in [3.63, 3.8) is 0 Å². The summed E-state index contributed by atoms with van der Waals surface area (Å²) in [6, 6.07) is 25.5. The molecule has 4 heteroatoms. The van der Waals surface area contributed by atoms with E-state index < -0.39 is 0 Å². The van der Waals surface area contributed by atoms with E-state index in [-0.39, 0.29) is 11.5 Å². The molecule has 6 bridgehead atoms.